The number of rotatable bonds is 9. The van der Waals surface area contributed by atoms with Gasteiger partial charge in [0.25, 0.3) is 0 Å². The molecular formula is C23H39IN4O3. The van der Waals surface area contributed by atoms with Crippen molar-refractivity contribution in [3.05, 3.63) is 29.3 Å². The molecule has 0 bridgehead atoms. The molecule has 2 N–H and O–H groups in total. The van der Waals surface area contributed by atoms with Crippen LogP contribution in [0.15, 0.2) is 23.2 Å². The Balaban J connectivity index is 0.00000341. The molecule has 31 heavy (non-hydrogen) atoms. The number of nitrogens with zero attached hydrogens (tertiary/aromatic N) is 2. The van der Waals surface area contributed by atoms with Crippen molar-refractivity contribution in [3.8, 4) is 5.75 Å². The van der Waals surface area contributed by atoms with Crippen molar-refractivity contribution in [1.82, 2.24) is 15.5 Å². The van der Waals surface area contributed by atoms with Crippen LogP contribution in [0.25, 0.3) is 0 Å². The summed E-state index contributed by atoms with van der Waals surface area (Å²) in [6, 6.07) is 6.38. The van der Waals surface area contributed by atoms with E-state index < -0.39 is 0 Å². The maximum Gasteiger partial charge on any atom is 0.191 e. The van der Waals surface area contributed by atoms with Crippen LogP contribution < -0.4 is 15.4 Å². The Morgan fingerprint density at radius 1 is 1.23 bits per heavy atom. The molecular weight excluding hydrogens is 507 g/mol. The Morgan fingerprint density at radius 3 is 2.74 bits per heavy atom. The molecule has 0 saturated carbocycles. The fourth-order valence-corrected chi connectivity index (χ4v) is 3.82. The minimum absolute atomic E-state index is 0. The van der Waals surface area contributed by atoms with Crippen LogP contribution in [-0.2, 0) is 16.0 Å². The van der Waals surface area contributed by atoms with Crippen molar-refractivity contribution >= 4 is 29.9 Å². The molecule has 8 heteroatoms. The largest absolute Gasteiger partial charge is 0.493 e. The van der Waals surface area contributed by atoms with E-state index in [2.05, 4.69) is 52.6 Å². The summed E-state index contributed by atoms with van der Waals surface area (Å²) in [6.45, 7) is 13.1. The summed E-state index contributed by atoms with van der Waals surface area (Å²) in [4.78, 5) is 6.85. The number of halogens is 1. The van der Waals surface area contributed by atoms with Crippen LogP contribution in [0.2, 0.25) is 0 Å². The van der Waals surface area contributed by atoms with E-state index in [1.165, 1.54) is 5.56 Å². The highest BCUT2D eigenvalue weighted by Crippen LogP contribution is 2.22. The molecule has 0 aromatic heterocycles. The third-order valence-corrected chi connectivity index (χ3v) is 5.68. The van der Waals surface area contributed by atoms with Crippen LogP contribution >= 0.6 is 24.0 Å². The molecule has 2 saturated heterocycles. The fraction of sp³-hybridized carbons (Fsp3) is 0.696. The quantitative estimate of drug-likeness (QED) is 0.282. The van der Waals surface area contributed by atoms with Crippen LogP contribution in [0.3, 0.4) is 0 Å². The Bertz CT molecular complexity index is 677. The number of guanidine groups is 1. The number of nitrogens with one attached hydrogen (secondary N) is 2. The molecule has 7 nitrogen and oxygen atoms in total. The number of aryl methyl sites for hydroxylation is 1. The van der Waals surface area contributed by atoms with E-state index in [-0.39, 0.29) is 24.0 Å². The molecule has 0 spiro atoms. The van der Waals surface area contributed by atoms with Gasteiger partial charge in [-0.15, -0.1) is 24.0 Å². The van der Waals surface area contributed by atoms with Gasteiger partial charge in [0, 0.05) is 57.9 Å². The molecule has 1 aromatic carbocycles. The van der Waals surface area contributed by atoms with Gasteiger partial charge in [-0.3, -0.25) is 9.89 Å². The molecule has 176 valence electrons. The third kappa shape index (κ3) is 9.11. The summed E-state index contributed by atoms with van der Waals surface area (Å²) in [5.41, 5.74) is 2.35. The number of aliphatic imine (C=N–C) groups is 1. The van der Waals surface area contributed by atoms with Crippen molar-refractivity contribution in [2.45, 2.75) is 26.8 Å². The Kier molecular flexibility index (Phi) is 11.9. The molecule has 2 unspecified atom stereocenters. The van der Waals surface area contributed by atoms with Gasteiger partial charge in [-0.05, 0) is 30.9 Å². The molecule has 0 radical (unpaired) electrons. The van der Waals surface area contributed by atoms with E-state index in [1.54, 1.807) is 0 Å². The minimum Gasteiger partial charge on any atom is -0.493 e. The third-order valence-electron chi connectivity index (χ3n) is 5.68. The van der Waals surface area contributed by atoms with E-state index in [9.17, 15) is 0 Å². The van der Waals surface area contributed by atoms with E-state index in [1.807, 2.05) is 7.05 Å². The average molecular weight is 546 g/mol. The highest BCUT2D eigenvalue weighted by atomic mass is 127. The first-order valence-electron chi connectivity index (χ1n) is 11.2. The summed E-state index contributed by atoms with van der Waals surface area (Å²) < 4.78 is 17.0. The SMILES string of the molecule is CN=C(NCc1ccc(C)cc1OCC1CCOC1)NCC(C)CN1CCOCC1.I. The van der Waals surface area contributed by atoms with Crippen LogP contribution in [0.1, 0.15) is 24.5 Å². The summed E-state index contributed by atoms with van der Waals surface area (Å²) in [7, 11) is 1.81. The smallest absolute Gasteiger partial charge is 0.191 e. The van der Waals surface area contributed by atoms with Gasteiger partial charge >= 0.3 is 0 Å². The summed E-state index contributed by atoms with van der Waals surface area (Å²) in [5, 5.41) is 6.89. The second-order valence-corrected chi connectivity index (χ2v) is 8.48. The monoisotopic (exact) mass is 546 g/mol. The molecule has 2 aliphatic heterocycles. The molecule has 2 aliphatic rings. The molecule has 2 atom stereocenters. The molecule has 2 fully saturated rings. The summed E-state index contributed by atoms with van der Waals surface area (Å²) >= 11 is 0. The van der Waals surface area contributed by atoms with Gasteiger partial charge in [-0.2, -0.15) is 0 Å². The van der Waals surface area contributed by atoms with E-state index >= 15 is 0 Å². The zero-order valence-electron chi connectivity index (χ0n) is 19.2. The van der Waals surface area contributed by atoms with Gasteiger partial charge in [-0.25, -0.2) is 0 Å². The summed E-state index contributed by atoms with van der Waals surface area (Å²) in [6.07, 6.45) is 1.08. The van der Waals surface area contributed by atoms with Gasteiger partial charge in [0.1, 0.15) is 5.75 Å². The van der Waals surface area contributed by atoms with Crippen molar-refractivity contribution in [2.24, 2.45) is 16.8 Å². The highest BCUT2D eigenvalue weighted by molar-refractivity contribution is 14.0. The zero-order chi connectivity index (χ0) is 21.2. The topological polar surface area (TPSA) is 67.4 Å². The average Bonchev–Trinajstić information content (AvgIpc) is 3.28. The number of benzene rings is 1. The van der Waals surface area contributed by atoms with Crippen LogP contribution in [0.4, 0.5) is 0 Å². The molecule has 0 aliphatic carbocycles. The number of morpholine rings is 1. The van der Waals surface area contributed by atoms with Gasteiger partial charge in [-0.1, -0.05) is 19.1 Å². The Labute approximate surface area is 204 Å². The predicted molar refractivity (Wildman–Crippen MR) is 136 cm³/mol. The van der Waals surface area contributed by atoms with Crippen molar-refractivity contribution in [1.29, 1.82) is 0 Å². The first-order chi connectivity index (χ1) is 14.6. The number of hydrogen-bond acceptors (Lipinski definition) is 5. The molecule has 1 aromatic rings. The van der Waals surface area contributed by atoms with Crippen molar-refractivity contribution in [3.63, 3.8) is 0 Å². The Morgan fingerprint density at radius 2 is 2.03 bits per heavy atom. The van der Waals surface area contributed by atoms with E-state index in [0.717, 1.165) is 76.3 Å². The first-order valence-corrected chi connectivity index (χ1v) is 11.2. The van der Waals surface area contributed by atoms with Crippen molar-refractivity contribution < 1.29 is 14.2 Å². The minimum atomic E-state index is 0. The highest BCUT2D eigenvalue weighted by Gasteiger charge is 2.17. The maximum absolute atomic E-state index is 6.15. The van der Waals surface area contributed by atoms with E-state index in [4.69, 9.17) is 14.2 Å². The van der Waals surface area contributed by atoms with Crippen LogP contribution in [0, 0.1) is 18.8 Å². The van der Waals surface area contributed by atoms with Crippen LogP contribution in [0.5, 0.6) is 5.75 Å². The summed E-state index contributed by atoms with van der Waals surface area (Å²) in [5.74, 6) is 2.80. The molecule has 3 rings (SSSR count). The normalized spacial score (nSPS) is 20.7. The lowest BCUT2D eigenvalue weighted by atomic mass is 10.1. The van der Waals surface area contributed by atoms with Crippen molar-refractivity contribution in [2.75, 3.05) is 66.3 Å². The number of ether oxygens (including phenoxy) is 3. The van der Waals surface area contributed by atoms with Gasteiger partial charge < -0.3 is 24.8 Å². The predicted octanol–water partition coefficient (Wildman–Crippen LogP) is 2.66. The van der Waals surface area contributed by atoms with Gasteiger partial charge in [0.15, 0.2) is 5.96 Å². The zero-order valence-corrected chi connectivity index (χ0v) is 21.5. The Hall–Kier alpha value is -1.10. The lowest BCUT2D eigenvalue weighted by Crippen LogP contribution is -2.43. The van der Waals surface area contributed by atoms with Gasteiger partial charge in [0.05, 0.1) is 26.4 Å². The standard InChI is InChI=1S/C23H38N4O3.HI/c1-18-4-5-21(22(12-18)30-17-20-6-9-29-16-20)14-26-23(24-3)25-13-19(2)15-27-7-10-28-11-8-27;/h4-5,12,19-20H,6-11,13-17H2,1-3H3,(H2,24,25,26);1H. The maximum atomic E-state index is 6.15. The molecule has 2 heterocycles. The lowest BCUT2D eigenvalue weighted by molar-refractivity contribution is 0.0320. The van der Waals surface area contributed by atoms with Crippen LogP contribution in [-0.4, -0.2) is 77.1 Å². The van der Waals surface area contributed by atoms with E-state index in [0.29, 0.717) is 25.0 Å². The lowest BCUT2D eigenvalue weighted by Gasteiger charge is -2.29. The first kappa shape index (κ1) is 26.2. The second-order valence-electron chi connectivity index (χ2n) is 8.48. The van der Waals surface area contributed by atoms with Gasteiger partial charge in [0.2, 0.25) is 0 Å². The molecule has 0 amide bonds. The number of hydrogen-bond donors (Lipinski definition) is 2. The second kappa shape index (κ2) is 14.1. The fourth-order valence-electron chi connectivity index (χ4n) is 3.82.